The van der Waals surface area contributed by atoms with E-state index in [4.69, 9.17) is 4.42 Å². The maximum absolute atomic E-state index is 13.1. The summed E-state index contributed by atoms with van der Waals surface area (Å²) in [5.41, 5.74) is 0.0970. The Labute approximate surface area is 109 Å². The number of carbonyl (C=O) groups is 1. The van der Waals surface area contributed by atoms with E-state index in [1.54, 1.807) is 26.1 Å². The molecule has 0 fully saturated rings. The number of carbonyl (C=O) groups excluding carboxylic acids is 1. The molecule has 19 heavy (non-hydrogen) atoms. The molecule has 0 radical (unpaired) electrons. The largest absolute Gasteiger partial charge is 0.467 e. The zero-order valence-corrected chi connectivity index (χ0v) is 10.6. The molecular weight excluding hydrogens is 252 g/mol. The number of rotatable bonds is 3. The Morgan fingerprint density at radius 2 is 2.00 bits per heavy atom. The second-order valence-corrected chi connectivity index (χ2v) is 4.24. The molecule has 0 saturated carbocycles. The van der Waals surface area contributed by atoms with Crippen molar-refractivity contribution in [1.82, 2.24) is 4.90 Å². The van der Waals surface area contributed by atoms with Crippen LogP contribution in [0, 0.1) is 11.6 Å². The molecule has 1 aromatic carbocycles. The van der Waals surface area contributed by atoms with Crippen LogP contribution >= 0.6 is 0 Å². The van der Waals surface area contributed by atoms with Gasteiger partial charge in [-0.1, -0.05) is 0 Å². The van der Waals surface area contributed by atoms with Crippen LogP contribution in [0.5, 0.6) is 0 Å². The zero-order chi connectivity index (χ0) is 14.0. The quantitative estimate of drug-likeness (QED) is 0.852. The van der Waals surface area contributed by atoms with Crippen molar-refractivity contribution in [3.8, 4) is 0 Å². The van der Waals surface area contributed by atoms with Gasteiger partial charge in [0.2, 0.25) is 0 Å². The standard InChI is InChI=1S/C14H13F2NO2/c1-9(13-4-3-7-19-13)17(2)14(18)10-5-6-11(15)12(16)8-10/h3-9H,1-2H3. The lowest BCUT2D eigenvalue weighted by Gasteiger charge is -2.23. The highest BCUT2D eigenvalue weighted by Gasteiger charge is 2.21. The SMILES string of the molecule is CC(c1ccco1)N(C)C(=O)c1ccc(F)c(F)c1. The second kappa shape index (κ2) is 5.22. The molecule has 0 aliphatic heterocycles. The highest BCUT2D eigenvalue weighted by atomic mass is 19.2. The van der Waals surface area contributed by atoms with Gasteiger partial charge < -0.3 is 9.32 Å². The van der Waals surface area contributed by atoms with Gasteiger partial charge >= 0.3 is 0 Å². The minimum Gasteiger partial charge on any atom is -0.467 e. The van der Waals surface area contributed by atoms with Crippen molar-refractivity contribution in [2.24, 2.45) is 0 Å². The molecule has 2 rings (SSSR count). The van der Waals surface area contributed by atoms with E-state index in [0.717, 1.165) is 12.1 Å². The van der Waals surface area contributed by atoms with Crippen LogP contribution < -0.4 is 0 Å². The summed E-state index contributed by atoms with van der Waals surface area (Å²) >= 11 is 0. The third-order valence-corrected chi connectivity index (χ3v) is 3.02. The minimum absolute atomic E-state index is 0.0970. The maximum Gasteiger partial charge on any atom is 0.254 e. The van der Waals surface area contributed by atoms with Crippen LogP contribution in [-0.4, -0.2) is 17.9 Å². The predicted octanol–water partition coefficient (Wildman–Crippen LogP) is 3.39. The smallest absolute Gasteiger partial charge is 0.254 e. The van der Waals surface area contributed by atoms with Gasteiger partial charge in [0.15, 0.2) is 11.6 Å². The van der Waals surface area contributed by atoms with Crippen LogP contribution in [0.3, 0.4) is 0 Å². The van der Waals surface area contributed by atoms with Crippen LogP contribution in [0.2, 0.25) is 0 Å². The maximum atomic E-state index is 13.1. The molecular formula is C14H13F2NO2. The van der Waals surface area contributed by atoms with Crippen molar-refractivity contribution in [3.05, 3.63) is 59.6 Å². The van der Waals surface area contributed by atoms with E-state index < -0.39 is 17.5 Å². The van der Waals surface area contributed by atoms with E-state index in [9.17, 15) is 13.6 Å². The van der Waals surface area contributed by atoms with Crippen molar-refractivity contribution in [3.63, 3.8) is 0 Å². The molecule has 100 valence electrons. The lowest BCUT2D eigenvalue weighted by molar-refractivity contribution is 0.0725. The van der Waals surface area contributed by atoms with Crippen LogP contribution in [0.15, 0.2) is 41.0 Å². The Hall–Kier alpha value is -2.17. The average molecular weight is 265 g/mol. The van der Waals surface area contributed by atoms with E-state index in [-0.39, 0.29) is 11.6 Å². The zero-order valence-electron chi connectivity index (χ0n) is 10.6. The normalized spacial score (nSPS) is 12.2. The third kappa shape index (κ3) is 2.65. The molecule has 1 atom stereocenters. The highest BCUT2D eigenvalue weighted by molar-refractivity contribution is 5.94. The molecule has 0 saturated heterocycles. The number of amides is 1. The molecule has 1 amide bonds. The van der Waals surface area contributed by atoms with E-state index in [0.29, 0.717) is 5.76 Å². The van der Waals surface area contributed by atoms with Crippen LogP contribution in [0.25, 0.3) is 0 Å². The van der Waals surface area contributed by atoms with Crippen LogP contribution in [0.1, 0.15) is 29.1 Å². The number of halogens is 2. The number of benzene rings is 1. The summed E-state index contributed by atoms with van der Waals surface area (Å²) in [6.45, 7) is 1.79. The van der Waals surface area contributed by atoms with Gasteiger partial charge in [0.05, 0.1) is 12.3 Å². The number of furan rings is 1. The van der Waals surface area contributed by atoms with Gasteiger partial charge in [-0.2, -0.15) is 0 Å². The predicted molar refractivity (Wildman–Crippen MR) is 65.6 cm³/mol. The fraction of sp³-hybridized carbons (Fsp3) is 0.214. The first kappa shape index (κ1) is 13.3. The molecule has 3 nitrogen and oxygen atoms in total. The molecule has 0 aliphatic rings. The lowest BCUT2D eigenvalue weighted by atomic mass is 10.1. The van der Waals surface area contributed by atoms with E-state index in [1.807, 2.05) is 0 Å². The Balaban J connectivity index is 2.21. The molecule has 1 aromatic heterocycles. The Morgan fingerprint density at radius 3 is 2.58 bits per heavy atom. The first-order chi connectivity index (χ1) is 9.00. The second-order valence-electron chi connectivity index (χ2n) is 4.24. The van der Waals surface area contributed by atoms with E-state index in [2.05, 4.69) is 0 Å². The highest BCUT2D eigenvalue weighted by Crippen LogP contribution is 2.21. The van der Waals surface area contributed by atoms with Gasteiger partial charge in [0.25, 0.3) is 5.91 Å². The van der Waals surface area contributed by atoms with Crippen molar-refractivity contribution in [1.29, 1.82) is 0 Å². The van der Waals surface area contributed by atoms with Gasteiger partial charge in [-0.25, -0.2) is 8.78 Å². The van der Waals surface area contributed by atoms with Gasteiger partial charge in [0.1, 0.15) is 5.76 Å². The molecule has 1 unspecified atom stereocenters. The summed E-state index contributed by atoms with van der Waals surface area (Å²) in [5.74, 6) is -1.79. The first-order valence-electron chi connectivity index (χ1n) is 5.76. The summed E-state index contributed by atoms with van der Waals surface area (Å²) < 4.78 is 31.2. The molecule has 0 aliphatic carbocycles. The van der Waals surface area contributed by atoms with Crippen LogP contribution in [0.4, 0.5) is 8.78 Å². The fourth-order valence-electron chi connectivity index (χ4n) is 1.73. The van der Waals surface area contributed by atoms with Crippen LogP contribution in [-0.2, 0) is 0 Å². The number of nitrogens with zero attached hydrogens (tertiary/aromatic N) is 1. The van der Waals surface area contributed by atoms with Crippen molar-refractivity contribution < 1.29 is 18.0 Å². The number of hydrogen-bond donors (Lipinski definition) is 0. The monoisotopic (exact) mass is 265 g/mol. The summed E-state index contributed by atoms with van der Waals surface area (Å²) in [4.78, 5) is 13.5. The van der Waals surface area contributed by atoms with Crippen molar-refractivity contribution in [2.45, 2.75) is 13.0 Å². The molecule has 1 heterocycles. The molecule has 0 N–H and O–H groups in total. The van der Waals surface area contributed by atoms with Crippen molar-refractivity contribution in [2.75, 3.05) is 7.05 Å². The van der Waals surface area contributed by atoms with Gasteiger partial charge in [-0.05, 0) is 37.3 Å². The average Bonchev–Trinajstić information content (AvgIpc) is 2.93. The first-order valence-corrected chi connectivity index (χ1v) is 5.76. The topological polar surface area (TPSA) is 33.5 Å². The Bertz CT molecular complexity index is 581. The molecule has 2 aromatic rings. The molecule has 0 spiro atoms. The number of hydrogen-bond acceptors (Lipinski definition) is 2. The summed E-state index contributed by atoms with van der Waals surface area (Å²) in [6.07, 6.45) is 1.52. The van der Waals surface area contributed by atoms with E-state index in [1.165, 1.54) is 17.2 Å². The minimum atomic E-state index is -1.04. The van der Waals surface area contributed by atoms with E-state index >= 15 is 0 Å². The lowest BCUT2D eigenvalue weighted by Crippen LogP contribution is -2.29. The fourth-order valence-corrected chi connectivity index (χ4v) is 1.73. The Morgan fingerprint density at radius 1 is 1.26 bits per heavy atom. The van der Waals surface area contributed by atoms with Gasteiger partial charge in [-0.3, -0.25) is 4.79 Å². The van der Waals surface area contributed by atoms with Gasteiger partial charge in [-0.15, -0.1) is 0 Å². The van der Waals surface area contributed by atoms with Gasteiger partial charge in [0, 0.05) is 12.6 Å². The molecule has 5 heteroatoms. The summed E-state index contributed by atoms with van der Waals surface area (Å²) in [7, 11) is 1.58. The van der Waals surface area contributed by atoms with Crippen molar-refractivity contribution >= 4 is 5.91 Å². The third-order valence-electron chi connectivity index (χ3n) is 3.02. The molecule has 0 bridgehead atoms. The Kier molecular flexibility index (Phi) is 3.64. The summed E-state index contributed by atoms with van der Waals surface area (Å²) in [5, 5.41) is 0. The summed E-state index contributed by atoms with van der Waals surface area (Å²) in [6, 6.07) is 6.26.